The van der Waals surface area contributed by atoms with E-state index in [0.29, 0.717) is 27.7 Å². The Labute approximate surface area is 193 Å². The minimum Gasteiger partial charge on any atom is -0.325 e. The predicted octanol–water partition coefficient (Wildman–Crippen LogP) is 4.47. The van der Waals surface area contributed by atoms with E-state index in [1.54, 1.807) is 54.3 Å². The van der Waals surface area contributed by atoms with Gasteiger partial charge in [-0.1, -0.05) is 35.9 Å². The van der Waals surface area contributed by atoms with Gasteiger partial charge in [-0.25, -0.2) is 14.4 Å². The van der Waals surface area contributed by atoms with Gasteiger partial charge in [0.05, 0.1) is 30.1 Å². The third-order valence-corrected chi connectivity index (χ3v) is 5.17. The number of hydrogen-bond donors (Lipinski definition) is 2. The third-order valence-electron chi connectivity index (χ3n) is 4.80. The number of rotatable bonds is 6. The Morgan fingerprint density at radius 2 is 2.06 bits per heavy atom. The highest BCUT2D eigenvalue weighted by atomic mass is 35.5. The highest BCUT2D eigenvalue weighted by molar-refractivity contribution is 6.31. The summed E-state index contributed by atoms with van der Waals surface area (Å²) >= 11 is 6.11. The van der Waals surface area contributed by atoms with Crippen LogP contribution in [0.25, 0.3) is 11.3 Å². The molecule has 0 radical (unpaired) electrons. The van der Waals surface area contributed by atoms with E-state index in [1.165, 1.54) is 12.1 Å². The summed E-state index contributed by atoms with van der Waals surface area (Å²) in [4.78, 5) is 20.7. The zero-order valence-electron chi connectivity index (χ0n) is 17.4. The van der Waals surface area contributed by atoms with E-state index in [4.69, 9.17) is 11.6 Å². The average Bonchev–Trinajstić information content (AvgIpc) is 3.21. The monoisotopic (exact) mass is 461 g/mol. The van der Waals surface area contributed by atoms with Crippen molar-refractivity contribution >= 4 is 35.0 Å². The summed E-state index contributed by atoms with van der Waals surface area (Å²) in [5.74, 6) is -0.180. The van der Waals surface area contributed by atoms with Gasteiger partial charge >= 0.3 is 0 Å². The number of anilines is 3. The van der Waals surface area contributed by atoms with Crippen molar-refractivity contribution in [1.29, 1.82) is 5.26 Å². The van der Waals surface area contributed by atoms with Crippen molar-refractivity contribution in [1.82, 2.24) is 19.7 Å². The molecular formula is C23H17ClFN7O. The quantitative estimate of drug-likeness (QED) is 0.438. The van der Waals surface area contributed by atoms with Crippen molar-refractivity contribution in [2.45, 2.75) is 6.42 Å². The number of carbonyl (C=O) groups excluding carboxylic acids is 1. The second kappa shape index (κ2) is 9.46. The standard InChI is InChI=1S/C23H17ClFN7O/c1-32-20(8-9-28-32)30-23-27-13-18(25)22(31-23)15-6-7-19(16(10-15)12-26)29-21(33)11-14-4-2-3-5-17(14)24/h2-10,13H,11H2,1H3,(H,29,33)(H,27,30,31). The van der Waals surface area contributed by atoms with Gasteiger partial charge in [0.2, 0.25) is 11.9 Å². The molecule has 10 heteroatoms. The Hall–Kier alpha value is -4.29. The van der Waals surface area contributed by atoms with Gasteiger partial charge in [0.1, 0.15) is 17.6 Å². The lowest BCUT2D eigenvalue weighted by Crippen LogP contribution is -2.15. The van der Waals surface area contributed by atoms with E-state index in [9.17, 15) is 14.4 Å². The van der Waals surface area contributed by atoms with Crippen LogP contribution in [0.3, 0.4) is 0 Å². The smallest absolute Gasteiger partial charge is 0.229 e. The van der Waals surface area contributed by atoms with Crippen LogP contribution < -0.4 is 10.6 Å². The van der Waals surface area contributed by atoms with Gasteiger partial charge in [-0.2, -0.15) is 10.4 Å². The Morgan fingerprint density at radius 3 is 2.79 bits per heavy atom. The van der Waals surface area contributed by atoms with E-state index >= 15 is 0 Å². The summed E-state index contributed by atoms with van der Waals surface area (Å²) in [7, 11) is 1.74. The zero-order valence-corrected chi connectivity index (χ0v) is 18.1. The van der Waals surface area contributed by atoms with E-state index in [0.717, 1.165) is 6.20 Å². The van der Waals surface area contributed by atoms with Crippen molar-refractivity contribution in [3.05, 3.63) is 82.9 Å². The number of halogens is 2. The molecule has 0 aliphatic heterocycles. The fraction of sp³-hybridized carbons (Fsp3) is 0.0870. The lowest BCUT2D eigenvalue weighted by atomic mass is 10.1. The first-order valence-corrected chi connectivity index (χ1v) is 10.2. The van der Waals surface area contributed by atoms with Gasteiger partial charge in [0, 0.05) is 23.7 Å². The lowest BCUT2D eigenvalue weighted by Gasteiger charge is -2.11. The molecule has 33 heavy (non-hydrogen) atoms. The number of aromatic nitrogens is 4. The number of aryl methyl sites for hydroxylation is 1. The van der Waals surface area contributed by atoms with Gasteiger partial charge in [0.25, 0.3) is 0 Å². The Morgan fingerprint density at radius 1 is 1.24 bits per heavy atom. The molecular weight excluding hydrogens is 445 g/mol. The normalized spacial score (nSPS) is 10.5. The summed E-state index contributed by atoms with van der Waals surface area (Å²) in [5.41, 5.74) is 1.52. The highest BCUT2D eigenvalue weighted by Crippen LogP contribution is 2.27. The van der Waals surface area contributed by atoms with Crippen molar-refractivity contribution in [3.63, 3.8) is 0 Å². The maximum absolute atomic E-state index is 14.5. The summed E-state index contributed by atoms with van der Waals surface area (Å²) < 4.78 is 16.1. The van der Waals surface area contributed by atoms with Crippen LogP contribution in [0.4, 0.5) is 21.8 Å². The molecule has 0 saturated carbocycles. The number of nitrogens with one attached hydrogen (secondary N) is 2. The van der Waals surface area contributed by atoms with Crippen molar-refractivity contribution in [3.8, 4) is 17.3 Å². The molecule has 0 aliphatic rings. The molecule has 2 aromatic heterocycles. The van der Waals surface area contributed by atoms with Gasteiger partial charge in [-0.05, 0) is 23.8 Å². The van der Waals surface area contributed by atoms with E-state index in [2.05, 4.69) is 25.7 Å². The molecule has 0 saturated heterocycles. The lowest BCUT2D eigenvalue weighted by molar-refractivity contribution is -0.115. The molecule has 8 nitrogen and oxygen atoms in total. The molecule has 0 bridgehead atoms. The van der Waals surface area contributed by atoms with Crippen LogP contribution in [0.15, 0.2) is 60.9 Å². The van der Waals surface area contributed by atoms with Gasteiger partial charge in [-0.3, -0.25) is 9.48 Å². The second-order valence-corrected chi connectivity index (χ2v) is 7.45. The van der Waals surface area contributed by atoms with E-state index in [-0.39, 0.29) is 29.5 Å². The van der Waals surface area contributed by atoms with Crippen LogP contribution >= 0.6 is 11.6 Å². The van der Waals surface area contributed by atoms with Crippen LogP contribution in [0.1, 0.15) is 11.1 Å². The molecule has 2 heterocycles. The SMILES string of the molecule is Cn1nccc1Nc1ncc(F)c(-c2ccc(NC(=O)Cc3ccccc3Cl)c(C#N)c2)n1. The summed E-state index contributed by atoms with van der Waals surface area (Å²) in [6, 6.07) is 15.4. The molecule has 2 N–H and O–H groups in total. The molecule has 2 aromatic carbocycles. The Kier molecular flexibility index (Phi) is 6.29. The molecule has 4 rings (SSSR count). The number of nitriles is 1. The molecule has 0 fully saturated rings. The summed E-state index contributed by atoms with van der Waals surface area (Å²) in [5, 5.41) is 19.8. The van der Waals surface area contributed by atoms with E-state index in [1.807, 2.05) is 6.07 Å². The Balaban J connectivity index is 1.57. The van der Waals surface area contributed by atoms with Gasteiger partial charge in [-0.15, -0.1) is 0 Å². The van der Waals surface area contributed by atoms with Crippen molar-refractivity contribution in [2.24, 2.45) is 7.05 Å². The topological polar surface area (TPSA) is 109 Å². The van der Waals surface area contributed by atoms with E-state index < -0.39 is 5.82 Å². The largest absolute Gasteiger partial charge is 0.325 e. The highest BCUT2D eigenvalue weighted by Gasteiger charge is 2.15. The molecule has 0 atom stereocenters. The van der Waals surface area contributed by atoms with Crippen LogP contribution in [-0.4, -0.2) is 25.7 Å². The van der Waals surface area contributed by atoms with Gasteiger partial charge < -0.3 is 10.6 Å². The fourth-order valence-electron chi connectivity index (χ4n) is 3.14. The Bertz CT molecular complexity index is 1380. The number of benzene rings is 2. The first-order chi connectivity index (χ1) is 15.9. The second-order valence-electron chi connectivity index (χ2n) is 7.04. The predicted molar refractivity (Wildman–Crippen MR) is 122 cm³/mol. The first-order valence-electron chi connectivity index (χ1n) is 9.80. The molecule has 1 amide bonds. The number of carbonyl (C=O) groups is 1. The molecule has 164 valence electrons. The first kappa shape index (κ1) is 21.9. The fourth-order valence-corrected chi connectivity index (χ4v) is 3.35. The molecule has 0 unspecified atom stereocenters. The van der Waals surface area contributed by atoms with Crippen LogP contribution in [0.2, 0.25) is 5.02 Å². The zero-order chi connectivity index (χ0) is 23.4. The minimum atomic E-state index is -0.648. The molecule has 0 spiro atoms. The van der Waals surface area contributed by atoms with Crippen molar-refractivity contribution in [2.75, 3.05) is 10.6 Å². The summed E-state index contributed by atoms with van der Waals surface area (Å²) in [6.07, 6.45) is 2.70. The van der Waals surface area contributed by atoms with Crippen LogP contribution in [-0.2, 0) is 18.3 Å². The van der Waals surface area contributed by atoms with Crippen LogP contribution in [0.5, 0.6) is 0 Å². The average molecular weight is 462 g/mol. The molecule has 0 aliphatic carbocycles. The minimum absolute atomic E-state index is 0.0140. The number of amides is 1. The molecule has 4 aromatic rings. The van der Waals surface area contributed by atoms with Gasteiger partial charge in [0.15, 0.2) is 5.82 Å². The van der Waals surface area contributed by atoms with Crippen LogP contribution in [0, 0.1) is 17.1 Å². The van der Waals surface area contributed by atoms with Crippen molar-refractivity contribution < 1.29 is 9.18 Å². The maximum Gasteiger partial charge on any atom is 0.229 e. The number of nitrogens with zero attached hydrogens (tertiary/aromatic N) is 5. The third kappa shape index (κ3) is 4.97. The number of hydrogen-bond acceptors (Lipinski definition) is 6. The maximum atomic E-state index is 14.5. The summed E-state index contributed by atoms with van der Waals surface area (Å²) in [6.45, 7) is 0.